The molecule has 0 aromatic carbocycles. The third-order valence-electron chi connectivity index (χ3n) is 3.30. The van der Waals surface area contributed by atoms with Crippen LogP contribution in [0.5, 0.6) is 0 Å². The Labute approximate surface area is 140 Å². The number of amides is 1. The van der Waals surface area contributed by atoms with Gasteiger partial charge in [-0.25, -0.2) is 14.2 Å². The Bertz CT molecular complexity index is 586. The van der Waals surface area contributed by atoms with E-state index in [0.717, 1.165) is 6.20 Å². The monoisotopic (exact) mass is 339 g/mol. The molecule has 7 nitrogen and oxygen atoms in total. The van der Waals surface area contributed by atoms with Crippen molar-refractivity contribution >= 4 is 17.7 Å². The van der Waals surface area contributed by atoms with Crippen molar-refractivity contribution in [2.24, 2.45) is 0 Å². The second kappa shape index (κ2) is 7.57. The van der Waals surface area contributed by atoms with Crippen LogP contribution in [0.4, 0.5) is 15.0 Å². The van der Waals surface area contributed by atoms with Gasteiger partial charge in [0.1, 0.15) is 23.3 Å². The summed E-state index contributed by atoms with van der Waals surface area (Å²) in [4.78, 5) is 29.9. The average molecular weight is 339 g/mol. The van der Waals surface area contributed by atoms with Crippen molar-refractivity contribution in [3.8, 4) is 0 Å². The first-order valence-corrected chi connectivity index (χ1v) is 7.72. The van der Waals surface area contributed by atoms with Crippen LogP contribution in [0.2, 0.25) is 0 Å². The van der Waals surface area contributed by atoms with E-state index >= 15 is 0 Å². The molecule has 1 aromatic heterocycles. The molecular weight excluding hydrogens is 317 g/mol. The fraction of sp³-hybridized carbons (Fsp3) is 0.562. The first-order chi connectivity index (χ1) is 11.3. The molecule has 0 saturated carbocycles. The molecule has 1 amide bonds. The van der Waals surface area contributed by atoms with Gasteiger partial charge in [0.25, 0.3) is 0 Å². The van der Waals surface area contributed by atoms with E-state index in [1.54, 1.807) is 20.8 Å². The molecule has 0 radical (unpaired) electrons. The number of aromatic nitrogens is 1. The SMILES string of the molecule is CC(C)(C)OC(=O)N1CCOC[C@H]1C(=O)CNc1ccc(F)cn1. The predicted octanol–water partition coefficient (Wildman–Crippen LogP) is 1.84. The van der Waals surface area contributed by atoms with Gasteiger partial charge in [0.2, 0.25) is 0 Å². The number of hydrogen-bond donors (Lipinski definition) is 1. The minimum absolute atomic E-state index is 0.0496. The number of rotatable bonds is 4. The summed E-state index contributed by atoms with van der Waals surface area (Å²) in [5.41, 5.74) is -0.640. The third-order valence-corrected chi connectivity index (χ3v) is 3.30. The lowest BCUT2D eigenvalue weighted by molar-refractivity contribution is -0.128. The highest BCUT2D eigenvalue weighted by molar-refractivity contribution is 5.90. The predicted molar refractivity (Wildman–Crippen MR) is 85.2 cm³/mol. The fourth-order valence-corrected chi connectivity index (χ4v) is 2.19. The van der Waals surface area contributed by atoms with Crippen molar-refractivity contribution in [3.63, 3.8) is 0 Å². The molecule has 8 heteroatoms. The zero-order chi connectivity index (χ0) is 17.7. The molecule has 132 valence electrons. The van der Waals surface area contributed by atoms with Crippen molar-refractivity contribution in [2.75, 3.05) is 31.6 Å². The summed E-state index contributed by atoms with van der Waals surface area (Å²) in [6.45, 7) is 6.02. The number of pyridine rings is 1. The maximum Gasteiger partial charge on any atom is 0.411 e. The van der Waals surface area contributed by atoms with E-state index in [2.05, 4.69) is 10.3 Å². The number of carbonyl (C=O) groups is 2. The topological polar surface area (TPSA) is 80.8 Å². The summed E-state index contributed by atoms with van der Waals surface area (Å²) in [7, 11) is 0. The minimum atomic E-state index is -0.721. The van der Waals surface area contributed by atoms with Crippen LogP contribution in [-0.2, 0) is 14.3 Å². The fourth-order valence-electron chi connectivity index (χ4n) is 2.19. The second-order valence-corrected chi connectivity index (χ2v) is 6.45. The highest BCUT2D eigenvalue weighted by atomic mass is 19.1. The number of anilines is 1. The molecule has 1 atom stereocenters. The summed E-state index contributed by atoms with van der Waals surface area (Å²) in [5.74, 6) is -0.305. The zero-order valence-corrected chi connectivity index (χ0v) is 14.0. The summed E-state index contributed by atoms with van der Waals surface area (Å²) in [5, 5.41) is 2.82. The second-order valence-electron chi connectivity index (χ2n) is 6.45. The van der Waals surface area contributed by atoms with Crippen LogP contribution in [0.15, 0.2) is 18.3 Å². The van der Waals surface area contributed by atoms with E-state index in [-0.39, 0.29) is 18.9 Å². The van der Waals surface area contributed by atoms with Gasteiger partial charge in [-0.3, -0.25) is 9.69 Å². The molecule has 0 spiro atoms. The van der Waals surface area contributed by atoms with Crippen molar-refractivity contribution in [1.82, 2.24) is 9.88 Å². The number of Topliss-reactive ketones (excluding diaryl/α,β-unsaturated/α-hetero) is 1. The van der Waals surface area contributed by atoms with E-state index in [1.165, 1.54) is 17.0 Å². The summed E-state index contributed by atoms with van der Waals surface area (Å²) in [6.07, 6.45) is 0.521. The first-order valence-electron chi connectivity index (χ1n) is 7.72. The molecule has 0 aliphatic carbocycles. The van der Waals surface area contributed by atoms with Gasteiger partial charge in [-0.05, 0) is 32.9 Å². The number of nitrogens with zero attached hydrogens (tertiary/aromatic N) is 2. The number of morpholine rings is 1. The molecule has 2 rings (SSSR count). The number of ketones is 1. The van der Waals surface area contributed by atoms with Gasteiger partial charge >= 0.3 is 6.09 Å². The van der Waals surface area contributed by atoms with E-state index in [1.807, 2.05) is 0 Å². The van der Waals surface area contributed by atoms with Gasteiger partial charge in [-0.1, -0.05) is 0 Å². The van der Waals surface area contributed by atoms with E-state index in [4.69, 9.17) is 9.47 Å². The van der Waals surface area contributed by atoms with Crippen LogP contribution in [-0.4, -0.2) is 59.7 Å². The van der Waals surface area contributed by atoms with E-state index in [9.17, 15) is 14.0 Å². The molecule has 1 saturated heterocycles. The average Bonchev–Trinajstić information content (AvgIpc) is 2.52. The quantitative estimate of drug-likeness (QED) is 0.901. The standard InChI is InChI=1S/C16H22FN3O4/c1-16(2,3)24-15(22)20-6-7-23-10-12(20)13(21)9-19-14-5-4-11(17)8-18-14/h4-5,8,12H,6-7,9-10H2,1-3H3,(H,18,19)/t12-/m0/s1. The van der Waals surface area contributed by atoms with Crippen molar-refractivity contribution in [3.05, 3.63) is 24.1 Å². The Kier molecular flexibility index (Phi) is 5.71. The molecule has 1 aliphatic heterocycles. The van der Waals surface area contributed by atoms with Gasteiger partial charge in [0, 0.05) is 6.54 Å². The number of ether oxygens (including phenoxy) is 2. The van der Waals surface area contributed by atoms with Crippen LogP contribution in [0.1, 0.15) is 20.8 Å². The van der Waals surface area contributed by atoms with Crippen molar-refractivity contribution < 1.29 is 23.5 Å². The molecule has 0 unspecified atom stereocenters. The number of nitrogens with one attached hydrogen (secondary N) is 1. The molecule has 1 aliphatic rings. The highest BCUT2D eigenvalue weighted by Gasteiger charge is 2.35. The Morgan fingerprint density at radius 3 is 2.83 bits per heavy atom. The highest BCUT2D eigenvalue weighted by Crippen LogP contribution is 2.15. The molecule has 1 fully saturated rings. The molecule has 1 N–H and O–H groups in total. The van der Waals surface area contributed by atoms with Gasteiger partial charge < -0.3 is 14.8 Å². The largest absolute Gasteiger partial charge is 0.444 e. The maximum absolute atomic E-state index is 12.8. The third kappa shape index (κ3) is 5.16. The van der Waals surface area contributed by atoms with Crippen molar-refractivity contribution in [2.45, 2.75) is 32.4 Å². The van der Waals surface area contributed by atoms with E-state index < -0.39 is 23.6 Å². The van der Waals surface area contributed by atoms with Crippen molar-refractivity contribution in [1.29, 1.82) is 0 Å². The van der Waals surface area contributed by atoms with Crippen LogP contribution in [0, 0.1) is 5.82 Å². The zero-order valence-electron chi connectivity index (χ0n) is 14.0. The van der Waals surface area contributed by atoms with Gasteiger partial charge in [-0.15, -0.1) is 0 Å². The molecule has 24 heavy (non-hydrogen) atoms. The van der Waals surface area contributed by atoms with Gasteiger partial charge in [-0.2, -0.15) is 0 Å². The smallest absolute Gasteiger partial charge is 0.411 e. The molecule has 0 bridgehead atoms. The van der Waals surface area contributed by atoms with E-state index in [0.29, 0.717) is 19.0 Å². The normalized spacial score (nSPS) is 18.2. The van der Waals surface area contributed by atoms with Gasteiger partial charge in [0.05, 0.1) is 26.0 Å². The summed E-state index contributed by atoms with van der Waals surface area (Å²) in [6, 6.07) is 1.96. The van der Waals surface area contributed by atoms with Crippen LogP contribution in [0.3, 0.4) is 0 Å². The minimum Gasteiger partial charge on any atom is -0.444 e. The Balaban J connectivity index is 1.97. The number of halogens is 1. The Morgan fingerprint density at radius 2 is 2.21 bits per heavy atom. The Morgan fingerprint density at radius 1 is 1.46 bits per heavy atom. The maximum atomic E-state index is 12.8. The lowest BCUT2D eigenvalue weighted by Gasteiger charge is -2.35. The first kappa shape index (κ1) is 18.1. The molecule has 2 heterocycles. The van der Waals surface area contributed by atoms with Crippen LogP contribution >= 0.6 is 0 Å². The lowest BCUT2D eigenvalue weighted by Crippen LogP contribution is -2.55. The number of hydrogen-bond acceptors (Lipinski definition) is 6. The van der Waals surface area contributed by atoms with Crippen LogP contribution in [0.25, 0.3) is 0 Å². The van der Waals surface area contributed by atoms with Crippen LogP contribution < -0.4 is 5.32 Å². The molecular formula is C16H22FN3O4. The summed E-state index contributed by atoms with van der Waals surface area (Å²) < 4.78 is 23.5. The van der Waals surface area contributed by atoms with Gasteiger partial charge in [0.15, 0.2) is 5.78 Å². The molecule has 1 aromatic rings. The lowest BCUT2D eigenvalue weighted by atomic mass is 10.1. The Hall–Kier alpha value is -2.22. The summed E-state index contributed by atoms with van der Waals surface area (Å²) >= 11 is 0. The number of carbonyl (C=O) groups excluding carboxylic acids is 2.